The van der Waals surface area contributed by atoms with E-state index in [1.165, 1.54) is 19.2 Å². The van der Waals surface area contributed by atoms with Crippen LogP contribution in [0.3, 0.4) is 0 Å². The van der Waals surface area contributed by atoms with Crippen molar-refractivity contribution >= 4 is 37.6 Å². The first kappa shape index (κ1) is 17.5. The van der Waals surface area contributed by atoms with Gasteiger partial charge in [0.15, 0.2) is 0 Å². The van der Waals surface area contributed by atoms with Crippen molar-refractivity contribution < 1.29 is 17.9 Å². The summed E-state index contributed by atoms with van der Waals surface area (Å²) in [6.07, 6.45) is 0. The van der Waals surface area contributed by atoms with Gasteiger partial charge in [0.1, 0.15) is 0 Å². The van der Waals surface area contributed by atoms with Gasteiger partial charge in [0.05, 0.1) is 23.3 Å². The highest BCUT2D eigenvalue weighted by Gasteiger charge is 2.20. The fraction of sp³-hybridized carbons (Fsp3) is 0.188. The molecule has 2 aromatic rings. The van der Waals surface area contributed by atoms with E-state index in [4.69, 9.17) is 0 Å². The lowest BCUT2D eigenvalue weighted by atomic mass is 10.1. The third kappa shape index (κ3) is 3.92. The van der Waals surface area contributed by atoms with Crippen molar-refractivity contribution in [2.24, 2.45) is 0 Å². The summed E-state index contributed by atoms with van der Waals surface area (Å²) in [5.74, 6) is -0.582. The quantitative estimate of drug-likeness (QED) is 0.798. The molecule has 0 heterocycles. The average molecular weight is 398 g/mol. The first-order valence-corrected chi connectivity index (χ1v) is 9.00. The number of carbonyl (C=O) groups excluding carboxylic acids is 1. The van der Waals surface area contributed by atoms with Crippen molar-refractivity contribution in [2.45, 2.75) is 18.7 Å². The van der Waals surface area contributed by atoms with Crippen LogP contribution in [0.5, 0.6) is 0 Å². The number of aryl methyl sites for hydroxylation is 2. The standard InChI is InChI=1S/C16H16BrNO4S/c1-10-4-5-12(16(19)22-3)9-15(10)23(20,21)18-14-7-6-13(17)8-11(14)2/h4-9,18H,1-3H3. The number of halogens is 1. The molecule has 0 amide bonds. The van der Waals surface area contributed by atoms with Crippen LogP contribution in [0.4, 0.5) is 5.69 Å². The Morgan fingerprint density at radius 1 is 1.09 bits per heavy atom. The lowest BCUT2D eigenvalue weighted by molar-refractivity contribution is 0.0600. The highest BCUT2D eigenvalue weighted by molar-refractivity contribution is 9.10. The predicted octanol–water partition coefficient (Wildman–Crippen LogP) is 3.65. The van der Waals surface area contributed by atoms with Gasteiger partial charge in [-0.2, -0.15) is 0 Å². The number of rotatable bonds is 4. The minimum Gasteiger partial charge on any atom is -0.465 e. The third-order valence-corrected chi connectivity index (χ3v) is 5.33. The van der Waals surface area contributed by atoms with Gasteiger partial charge in [-0.05, 0) is 55.3 Å². The molecule has 0 fully saturated rings. The van der Waals surface area contributed by atoms with Gasteiger partial charge in [0.2, 0.25) is 0 Å². The molecule has 0 aliphatic heterocycles. The molecule has 2 rings (SSSR count). The molecule has 0 spiro atoms. The number of sulfonamides is 1. The van der Waals surface area contributed by atoms with Crippen molar-refractivity contribution in [1.29, 1.82) is 0 Å². The number of anilines is 1. The molecule has 23 heavy (non-hydrogen) atoms. The normalized spacial score (nSPS) is 11.1. The molecule has 0 saturated carbocycles. The molecule has 0 saturated heterocycles. The first-order valence-electron chi connectivity index (χ1n) is 6.72. The van der Waals surface area contributed by atoms with E-state index in [1.807, 2.05) is 6.07 Å². The van der Waals surface area contributed by atoms with Gasteiger partial charge >= 0.3 is 5.97 Å². The molecule has 0 aliphatic carbocycles. The Labute approximate surface area is 143 Å². The van der Waals surface area contributed by atoms with Crippen LogP contribution in [0, 0.1) is 13.8 Å². The molecular formula is C16H16BrNO4S. The van der Waals surface area contributed by atoms with Crippen molar-refractivity contribution in [3.63, 3.8) is 0 Å². The second kappa shape index (κ2) is 6.72. The Balaban J connectivity index is 2.45. The van der Waals surface area contributed by atoms with E-state index in [9.17, 15) is 13.2 Å². The number of esters is 1. The molecule has 0 bridgehead atoms. The van der Waals surface area contributed by atoms with Gasteiger partial charge in [0.25, 0.3) is 10.0 Å². The maximum Gasteiger partial charge on any atom is 0.337 e. The Hall–Kier alpha value is -1.86. The number of ether oxygens (including phenoxy) is 1. The zero-order valence-corrected chi connectivity index (χ0v) is 15.3. The number of benzene rings is 2. The molecule has 0 atom stereocenters. The van der Waals surface area contributed by atoms with Crippen molar-refractivity contribution in [1.82, 2.24) is 0 Å². The van der Waals surface area contributed by atoms with E-state index in [2.05, 4.69) is 25.4 Å². The van der Waals surface area contributed by atoms with Gasteiger partial charge in [-0.25, -0.2) is 13.2 Å². The zero-order valence-electron chi connectivity index (χ0n) is 12.9. The van der Waals surface area contributed by atoms with E-state index in [1.54, 1.807) is 32.0 Å². The number of carbonyl (C=O) groups is 1. The molecule has 1 N–H and O–H groups in total. The van der Waals surface area contributed by atoms with Gasteiger partial charge in [-0.3, -0.25) is 4.72 Å². The van der Waals surface area contributed by atoms with E-state index in [-0.39, 0.29) is 10.5 Å². The predicted molar refractivity (Wildman–Crippen MR) is 92.2 cm³/mol. The first-order chi connectivity index (χ1) is 10.7. The van der Waals surface area contributed by atoms with Crippen LogP contribution < -0.4 is 4.72 Å². The van der Waals surface area contributed by atoms with E-state index < -0.39 is 16.0 Å². The SMILES string of the molecule is COC(=O)c1ccc(C)c(S(=O)(=O)Nc2ccc(Br)cc2C)c1. The summed E-state index contributed by atoms with van der Waals surface area (Å²) in [5.41, 5.74) is 1.99. The van der Waals surface area contributed by atoms with Crippen LogP contribution in [-0.4, -0.2) is 21.5 Å². The fourth-order valence-corrected chi connectivity index (χ4v) is 3.95. The Kier molecular flexibility index (Phi) is 5.11. The lowest BCUT2D eigenvalue weighted by Crippen LogP contribution is -2.16. The van der Waals surface area contributed by atoms with Gasteiger partial charge in [0, 0.05) is 4.47 Å². The molecule has 0 aliphatic rings. The van der Waals surface area contributed by atoms with Crippen LogP contribution in [0.15, 0.2) is 45.8 Å². The maximum atomic E-state index is 12.6. The summed E-state index contributed by atoms with van der Waals surface area (Å²) in [4.78, 5) is 11.7. The number of nitrogens with one attached hydrogen (secondary N) is 1. The number of hydrogen-bond acceptors (Lipinski definition) is 4. The average Bonchev–Trinajstić information content (AvgIpc) is 2.49. The van der Waals surface area contributed by atoms with Crippen LogP contribution >= 0.6 is 15.9 Å². The van der Waals surface area contributed by atoms with Crippen LogP contribution in [0.25, 0.3) is 0 Å². The minimum atomic E-state index is -3.82. The Bertz CT molecular complexity index is 862. The van der Waals surface area contributed by atoms with Gasteiger partial charge in [-0.1, -0.05) is 22.0 Å². The lowest BCUT2D eigenvalue weighted by Gasteiger charge is -2.13. The summed E-state index contributed by atoms with van der Waals surface area (Å²) in [6.45, 7) is 3.48. The van der Waals surface area contributed by atoms with Crippen molar-refractivity contribution in [2.75, 3.05) is 11.8 Å². The topological polar surface area (TPSA) is 72.5 Å². The largest absolute Gasteiger partial charge is 0.465 e. The summed E-state index contributed by atoms with van der Waals surface area (Å²) < 4.78 is 33.3. The summed E-state index contributed by atoms with van der Waals surface area (Å²) >= 11 is 3.34. The zero-order chi connectivity index (χ0) is 17.2. The van der Waals surface area contributed by atoms with E-state index in [0.29, 0.717) is 11.3 Å². The van der Waals surface area contributed by atoms with Gasteiger partial charge in [-0.15, -0.1) is 0 Å². The molecule has 0 aromatic heterocycles. The number of hydrogen-bond donors (Lipinski definition) is 1. The molecule has 2 aromatic carbocycles. The smallest absolute Gasteiger partial charge is 0.337 e. The van der Waals surface area contributed by atoms with Crippen LogP contribution in [0.2, 0.25) is 0 Å². The highest BCUT2D eigenvalue weighted by atomic mass is 79.9. The summed E-state index contributed by atoms with van der Waals surface area (Å²) in [7, 11) is -2.57. The van der Waals surface area contributed by atoms with Crippen molar-refractivity contribution in [3.05, 3.63) is 57.6 Å². The van der Waals surface area contributed by atoms with Gasteiger partial charge < -0.3 is 4.74 Å². The monoisotopic (exact) mass is 397 g/mol. The molecular weight excluding hydrogens is 382 g/mol. The van der Waals surface area contributed by atoms with Crippen LogP contribution in [-0.2, 0) is 14.8 Å². The second-order valence-electron chi connectivity index (χ2n) is 5.04. The highest BCUT2D eigenvalue weighted by Crippen LogP contribution is 2.25. The molecule has 0 unspecified atom stereocenters. The summed E-state index contributed by atoms with van der Waals surface area (Å²) in [6, 6.07) is 9.67. The second-order valence-corrected chi connectivity index (χ2v) is 7.60. The molecule has 7 heteroatoms. The Morgan fingerprint density at radius 3 is 2.39 bits per heavy atom. The fourth-order valence-electron chi connectivity index (χ4n) is 2.08. The van der Waals surface area contributed by atoms with E-state index >= 15 is 0 Å². The summed E-state index contributed by atoms with van der Waals surface area (Å²) in [5, 5.41) is 0. The third-order valence-electron chi connectivity index (χ3n) is 3.33. The molecule has 5 nitrogen and oxygen atoms in total. The van der Waals surface area contributed by atoms with Crippen LogP contribution in [0.1, 0.15) is 21.5 Å². The molecule has 122 valence electrons. The minimum absolute atomic E-state index is 0.0442. The van der Waals surface area contributed by atoms with Crippen molar-refractivity contribution in [3.8, 4) is 0 Å². The molecule has 0 radical (unpaired) electrons. The Morgan fingerprint density at radius 2 is 1.78 bits per heavy atom. The maximum absolute atomic E-state index is 12.6. The number of methoxy groups -OCH3 is 1. The van der Waals surface area contributed by atoms with E-state index in [0.717, 1.165) is 10.0 Å².